The topological polar surface area (TPSA) is 40.5 Å². The Morgan fingerprint density at radius 2 is 0.857 bits per heavy atom. The molecule has 2 N–H and O–H groups in total. The summed E-state index contributed by atoms with van der Waals surface area (Å²) in [5, 5.41) is 23.0. The molecule has 0 spiro atoms. The van der Waals surface area contributed by atoms with Crippen molar-refractivity contribution in [2.45, 2.75) is 145 Å². The third kappa shape index (κ3) is 6.53. The number of hydrogen-bond donors (Lipinski definition) is 2. The Morgan fingerprint density at radius 3 is 1.12 bits per heavy atom. The lowest BCUT2D eigenvalue weighted by molar-refractivity contribution is 0.247. The Morgan fingerprint density at radius 1 is 0.571 bits per heavy atom. The first kappa shape index (κ1) is 34.0. The first-order chi connectivity index (χ1) is 18.8. The lowest BCUT2D eigenvalue weighted by atomic mass is 9.58. The maximum Gasteiger partial charge on any atom is 0.123 e. The van der Waals surface area contributed by atoms with Crippen LogP contribution in [0.2, 0.25) is 0 Å². The molecule has 0 saturated heterocycles. The number of aromatic hydroxyl groups is 2. The molecule has 2 aromatic rings. The molecule has 1 aliphatic rings. The number of rotatable bonds is 4. The van der Waals surface area contributed by atoms with Gasteiger partial charge in [-0.05, 0) is 94.6 Å². The third-order valence-electron chi connectivity index (χ3n) is 9.91. The minimum Gasteiger partial charge on any atom is -0.507 e. The summed E-state index contributed by atoms with van der Waals surface area (Å²) in [6.07, 6.45) is 4.13. The molecule has 42 heavy (non-hydrogen) atoms. The van der Waals surface area contributed by atoms with Crippen LogP contribution in [0, 0.1) is 11.3 Å². The van der Waals surface area contributed by atoms with Gasteiger partial charge in [-0.25, -0.2) is 0 Å². The molecule has 0 bridgehead atoms. The molecule has 3 rings (SSSR count). The van der Waals surface area contributed by atoms with E-state index in [0.717, 1.165) is 35.1 Å². The highest BCUT2D eigenvalue weighted by molar-refractivity contribution is 5.53. The van der Waals surface area contributed by atoms with E-state index in [0.29, 0.717) is 17.4 Å². The average molecular weight is 573 g/mol. The molecular formula is C40H60O2. The Kier molecular flexibility index (Phi) is 8.83. The molecule has 0 radical (unpaired) electrons. The van der Waals surface area contributed by atoms with E-state index in [4.69, 9.17) is 0 Å². The molecular weight excluding hydrogens is 512 g/mol. The van der Waals surface area contributed by atoms with E-state index >= 15 is 0 Å². The quantitative estimate of drug-likeness (QED) is 0.382. The van der Waals surface area contributed by atoms with Gasteiger partial charge in [-0.3, -0.25) is 0 Å². The van der Waals surface area contributed by atoms with Crippen molar-refractivity contribution in [3.63, 3.8) is 0 Å². The first-order valence-corrected chi connectivity index (χ1v) is 15.9. The average Bonchev–Trinajstić information content (AvgIpc) is 2.80. The fourth-order valence-corrected chi connectivity index (χ4v) is 6.97. The van der Waals surface area contributed by atoms with Crippen LogP contribution in [-0.4, -0.2) is 10.2 Å². The van der Waals surface area contributed by atoms with Crippen molar-refractivity contribution in [1.82, 2.24) is 0 Å². The highest BCUT2D eigenvalue weighted by Crippen LogP contribution is 2.52. The second-order valence-electron chi connectivity index (χ2n) is 17.5. The monoisotopic (exact) mass is 572 g/mol. The molecule has 0 heterocycles. The third-order valence-corrected chi connectivity index (χ3v) is 9.91. The van der Waals surface area contributed by atoms with Crippen molar-refractivity contribution in [2.75, 3.05) is 0 Å². The van der Waals surface area contributed by atoms with Gasteiger partial charge in [0.2, 0.25) is 0 Å². The van der Waals surface area contributed by atoms with Crippen LogP contribution in [0.3, 0.4) is 0 Å². The van der Waals surface area contributed by atoms with Gasteiger partial charge in [0.1, 0.15) is 11.5 Å². The number of benzene rings is 2. The van der Waals surface area contributed by atoms with Crippen molar-refractivity contribution in [2.24, 2.45) is 11.3 Å². The van der Waals surface area contributed by atoms with Crippen molar-refractivity contribution >= 4 is 0 Å². The largest absolute Gasteiger partial charge is 0.507 e. The van der Waals surface area contributed by atoms with E-state index in [1.165, 1.54) is 27.8 Å². The molecule has 0 aliphatic heterocycles. The zero-order valence-electron chi connectivity index (χ0n) is 29.8. The summed E-state index contributed by atoms with van der Waals surface area (Å²) in [6.45, 7) is 35.6. The van der Waals surface area contributed by atoms with Crippen LogP contribution in [-0.2, 0) is 34.5 Å². The number of allylic oxidation sites excluding steroid dienone is 4. The van der Waals surface area contributed by atoms with Crippen molar-refractivity contribution in [3.05, 3.63) is 80.4 Å². The zero-order valence-corrected chi connectivity index (χ0v) is 29.8. The van der Waals surface area contributed by atoms with Crippen LogP contribution in [0.15, 0.2) is 47.1 Å². The molecule has 0 amide bonds. The molecule has 1 unspecified atom stereocenters. The number of phenolic OH excluding ortho intramolecular Hbond substituents is 2. The summed E-state index contributed by atoms with van der Waals surface area (Å²) in [4.78, 5) is 0. The molecule has 1 atom stereocenters. The fourth-order valence-electron chi connectivity index (χ4n) is 6.97. The van der Waals surface area contributed by atoms with Gasteiger partial charge in [0, 0.05) is 5.41 Å². The van der Waals surface area contributed by atoms with E-state index in [1.807, 2.05) is 0 Å². The summed E-state index contributed by atoms with van der Waals surface area (Å²) in [5.41, 5.74) is 9.97. The van der Waals surface area contributed by atoms with Crippen molar-refractivity contribution in [3.8, 4) is 11.5 Å². The Labute approximate surface area is 258 Å². The lowest BCUT2D eigenvalue weighted by Gasteiger charge is -2.45. The summed E-state index contributed by atoms with van der Waals surface area (Å²) in [5.74, 6) is 1.20. The molecule has 232 valence electrons. The van der Waals surface area contributed by atoms with Gasteiger partial charge in [-0.2, -0.15) is 0 Å². The predicted octanol–water partition coefficient (Wildman–Crippen LogP) is 11.0. The number of hydrogen-bond acceptors (Lipinski definition) is 2. The smallest absolute Gasteiger partial charge is 0.123 e. The Balaban J connectivity index is 2.36. The molecule has 0 aromatic heterocycles. The summed E-state index contributed by atoms with van der Waals surface area (Å²) in [7, 11) is 0. The van der Waals surface area contributed by atoms with E-state index in [9.17, 15) is 10.2 Å². The van der Waals surface area contributed by atoms with Crippen LogP contribution in [0.25, 0.3) is 0 Å². The molecule has 2 nitrogen and oxygen atoms in total. The van der Waals surface area contributed by atoms with Gasteiger partial charge < -0.3 is 10.2 Å². The van der Waals surface area contributed by atoms with Gasteiger partial charge in [0.15, 0.2) is 0 Å². The molecule has 0 saturated carbocycles. The van der Waals surface area contributed by atoms with Gasteiger partial charge in [0.25, 0.3) is 0 Å². The van der Waals surface area contributed by atoms with Gasteiger partial charge in [-0.15, -0.1) is 0 Å². The minimum absolute atomic E-state index is 0.147. The van der Waals surface area contributed by atoms with Gasteiger partial charge in [-0.1, -0.05) is 137 Å². The summed E-state index contributed by atoms with van der Waals surface area (Å²) in [6, 6.07) is 9.08. The van der Waals surface area contributed by atoms with Crippen LogP contribution in [0.5, 0.6) is 11.5 Å². The predicted molar refractivity (Wildman–Crippen MR) is 182 cm³/mol. The lowest BCUT2D eigenvalue weighted by Crippen LogP contribution is -2.38. The zero-order chi connectivity index (χ0) is 32.4. The molecule has 2 heteroatoms. The van der Waals surface area contributed by atoms with Gasteiger partial charge in [0.05, 0.1) is 0 Å². The van der Waals surface area contributed by atoms with E-state index in [-0.39, 0.29) is 27.1 Å². The molecule has 0 fully saturated rings. The van der Waals surface area contributed by atoms with E-state index < -0.39 is 0 Å². The first-order valence-electron chi connectivity index (χ1n) is 15.9. The SMILES string of the molecule is CC1=CC(C)=C(C)C(Cc2cc(C(C)(C)C)c(O)c(C(C)(C)C)c2)(Cc2cc(C(C)(C)C)c(O)c(C(C)(C)C)c2)C1C. The fraction of sp³-hybridized carbons (Fsp3) is 0.600. The molecule has 1 aliphatic carbocycles. The van der Waals surface area contributed by atoms with Crippen molar-refractivity contribution in [1.29, 1.82) is 0 Å². The number of phenols is 2. The normalized spacial score (nSPS) is 18.4. The highest BCUT2D eigenvalue weighted by atomic mass is 16.3. The maximum atomic E-state index is 11.5. The van der Waals surface area contributed by atoms with E-state index in [2.05, 4.69) is 141 Å². The molecule has 2 aromatic carbocycles. The summed E-state index contributed by atoms with van der Waals surface area (Å²) >= 11 is 0. The van der Waals surface area contributed by atoms with Crippen molar-refractivity contribution < 1.29 is 10.2 Å². The maximum absolute atomic E-state index is 11.5. The standard InChI is InChI=1S/C40H60O2/c1-24-17-25(2)27(4)40(26(24)3,22-28-18-30(36(5,6)7)34(41)31(19-28)37(8,9)10)23-29-20-32(38(11,12)13)35(42)33(21-29)39(14,15)16/h17-21,26,41-42H,22-23H2,1-16H3. The second-order valence-corrected chi connectivity index (χ2v) is 17.5. The second kappa shape index (κ2) is 10.9. The Bertz CT molecular complexity index is 1250. The van der Waals surface area contributed by atoms with Gasteiger partial charge >= 0.3 is 0 Å². The Hall–Kier alpha value is -2.48. The highest BCUT2D eigenvalue weighted by Gasteiger charge is 2.43. The summed E-state index contributed by atoms with van der Waals surface area (Å²) < 4.78 is 0. The van der Waals surface area contributed by atoms with Crippen LogP contribution in [0.4, 0.5) is 0 Å². The van der Waals surface area contributed by atoms with Crippen LogP contribution in [0.1, 0.15) is 144 Å². The van der Waals surface area contributed by atoms with Crippen LogP contribution < -0.4 is 0 Å². The van der Waals surface area contributed by atoms with E-state index in [1.54, 1.807) is 0 Å². The minimum atomic E-state index is -0.178. The van der Waals surface area contributed by atoms with Crippen LogP contribution >= 0.6 is 0 Å².